The minimum atomic E-state index is -0.0261. The van der Waals surface area contributed by atoms with Crippen molar-refractivity contribution in [2.45, 2.75) is 31.6 Å². The Bertz CT molecular complexity index is 383. The molecule has 0 bridgehead atoms. The quantitative estimate of drug-likeness (QED) is 0.706. The highest BCUT2D eigenvalue weighted by Crippen LogP contribution is 2.51. The largest absolute Gasteiger partial charge is 0.508 e. The molecular formula is C12H17NO2. The molecule has 1 aromatic rings. The minimum absolute atomic E-state index is 0.0261. The van der Waals surface area contributed by atoms with Crippen LogP contribution in [0.4, 0.5) is 0 Å². The van der Waals surface area contributed by atoms with Crippen molar-refractivity contribution in [3.05, 3.63) is 23.3 Å². The number of aryl methyl sites for hydroxylation is 1. The van der Waals surface area contributed by atoms with E-state index in [4.69, 9.17) is 5.73 Å². The van der Waals surface area contributed by atoms with Crippen LogP contribution in [0, 0.1) is 0 Å². The van der Waals surface area contributed by atoms with Gasteiger partial charge in [-0.25, -0.2) is 0 Å². The number of aromatic hydroxyl groups is 2. The summed E-state index contributed by atoms with van der Waals surface area (Å²) in [7, 11) is 0. The molecule has 3 nitrogen and oxygen atoms in total. The van der Waals surface area contributed by atoms with Gasteiger partial charge in [0.25, 0.3) is 0 Å². The van der Waals surface area contributed by atoms with Gasteiger partial charge < -0.3 is 15.9 Å². The molecule has 2 rings (SSSR count). The number of hydrogen-bond donors (Lipinski definition) is 3. The lowest BCUT2D eigenvalue weighted by Gasteiger charge is -2.16. The Morgan fingerprint density at radius 3 is 2.40 bits per heavy atom. The van der Waals surface area contributed by atoms with Crippen LogP contribution in [0.3, 0.4) is 0 Å². The molecule has 1 aliphatic carbocycles. The Labute approximate surface area is 89.5 Å². The van der Waals surface area contributed by atoms with Crippen LogP contribution in [0.25, 0.3) is 0 Å². The number of rotatable bonds is 3. The number of benzene rings is 1. The predicted octanol–water partition coefficient (Wildman–Crippen LogP) is 1.65. The van der Waals surface area contributed by atoms with E-state index in [1.165, 1.54) is 6.07 Å². The summed E-state index contributed by atoms with van der Waals surface area (Å²) < 4.78 is 0. The lowest BCUT2D eigenvalue weighted by molar-refractivity contribution is 0.436. The number of phenolic OH excluding ortho intramolecular Hbond substituents is 2. The molecular weight excluding hydrogens is 190 g/mol. The molecule has 0 amide bonds. The maximum atomic E-state index is 9.80. The van der Waals surface area contributed by atoms with Crippen molar-refractivity contribution in [1.29, 1.82) is 0 Å². The lowest BCUT2D eigenvalue weighted by Crippen LogP contribution is -2.20. The Kier molecular flexibility index (Phi) is 2.35. The summed E-state index contributed by atoms with van der Waals surface area (Å²) in [5.74, 6) is 0.347. The zero-order valence-electron chi connectivity index (χ0n) is 8.95. The SMILES string of the molecule is CCc1cc(C2(CN)CC2)c(O)cc1O. The van der Waals surface area contributed by atoms with Crippen molar-refractivity contribution >= 4 is 0 Å². The third-order valence-corrected chi connectivity index (χ3v) is 3.39. The standard InChI is InChI=1S/C12H17NO2/c1-2-8-5-9(11(15)6-10(8)14)12(7-13)3-4-12/h5-6,14-15H,2-4,7,13H2,1H3. The summed E-state index contributed by atoms with van der Waals surface area (Å²) in [6.45, 7) is 2.55. The van der Waals surface area contributed by atoms with Crippen LogP contribution < -0.4 is 5.73 Å². The first kappa shape index (κ1) is 10.3. The molecule has 4 N–H and O–H groups in total. The normalized spacial score (nSPS) is 17.7. The molecule has 0 heterocycles. The van der Waals surface area contributed by atoms with Gasteiger partial charge in [-0.05, 0) is 30.9 Å². The van der Waals surface area contributed by atoms with E-state index in [1.807, 2.05) is 13.0 Å². The van der Waals surface area contributed by atoms with Crippen LogP contribution in [-0.4, -0.2) is 16.8 Å². The maximum Gasteiger partial charge on any atom is 0.123 e. The van der Waals surface area contributed by atoms with Crippen molar-refractivity contribution in [1.82, 2.24) is 0 Å². The van der Waals surface area contributed by atoms with Crippen molar-refractivity contribution in [3.63, 3.8) is 0 Å². The Morgan fingerprint density at radius 2 is 1.93 bits per heavy atom. The second-order valence-corrected chi connectivity index (χ2v) is 4.34. The van der Waals surface area contributed by atoms with E-state index in [-0.39, 0.29) is 16.9 Å². The van der Waals surface area contributed by atoms with Gasteiger partial charge >= 0.3 is 0 Å². The zero-order chi connectivity index (χ0) is 11.1. The average Bonchev–Trinajstić information content (AvgIpc) is 2.99. The second-order valence-electron chi connectivity index (χ2n) is 4.34. The van der Waals surface area contributed by atoms with Crippen molar-refractivity contribution in [2.75, 3.05) is 6.54 Å². The highest BCUT2D eigenvalue weighted by molar-refractivity contribution is 5.50. The summed E-state index contributed by atoms with van der Waals surface area (Å²) in [6.07, 6.45) is 2.83. The third kappa shape index (κ3) is 1.57. The molecule has 82 valence electrons. The number of phenols is 2. The first-order chi connectivity index (χ1) is 7.13. The highest BCUT2D eigenvalue weighted by Gasteiger charge is 2.44. The summed E-state index contributed by atoms with van der Waals surface area (Å²) in [5.41, 5.74) is 7.48. The van der Waals surface area contributed by atoms with Crippen LogP contribution in [0.5, 0.6) is 11.5 Å². The summed E-state index contributed by atoms with van der Waals surface area (Å²) >= 11 is 0. The van der Waals surface area contributed by atoms with Gasteiger partial charge in [-0.1, -0.05) is 6.92 Å². The van der Waals surface area contributed by atoms with Gasteiger partial charge in [0.1, 0.15) is 11.5 Å². The molecule has 1 aliphatic rings. The van der Waals surface area contributed by atoms with Crippen LogP contribution in [-0.2, 0) is 11.8 Å². The van der Waals surface area contributed by atoms with Crippen LogP contribution in [0.15, 0.2) is 12.1 Å². The van der Waals surface area contributed by atoms with Crippen LogP contribution in [0.1, 0.15) is 30.9 Å². The van der Waals surface area contributed by atoms with Gasteiger partial charge in [0.15, 0.2) is 0 Å². The molecule has 1 aromatic carbocycles. The molecule has 0 atom stereocenters. The molecule has 1 fully saturated rings. The maximum absolute atomic E-state index is 9.80. The second kappa shape index (κ2) is 3.42. The van der Waals surface area contributed by atoms with Gasteiger partial charge in [0, 0.05) is 23.6 Å². The van der Waals surface area contributed by atoms with E-state index in [9.17, 15) is 10.2 Å². The number of hydrogen-bond acceptors (Lipinski definition) is 3. The van der Waals surface area contributed by atoms with E-state index in [0.717, 1.165) is 30.4 Å². The molecule has 0 unspecified atom stereocenters. The fourth-order valence-corrected chi connectivity index (χ4v) is 2.06. The Balaban J connectivity index is 2.47. The van der Waals surface area contributed by atoms with E-state index >= 15 is 0 Å². The first-order valence-electron chi connectivity index (χ1n) is 5.38. The first-order valence-corrected chi connectivity index (χ1v) is 5.38. The summed E-state index contributed by atoms with van der Waals surface area (Å²) in [6, 6.07) is 3.33. The fourth-order valence-electron chi connectivity index (χ4n) is 2.06. The van der Waals surface area contributed by atoms with E-state index in [1.54, 1.807) is 0 Å². The zero-order valence-corrected chi connectivity index (χ0v) is 8.95. The van der Waals surface area contributed by atoms with Gasteiger partial charge in [-0.2, -0.15) is 0 Å². The minimum Gasteiger partial charge on any atom is -0.508 e. The summed E-state index contributed by atoms with van der Waals surface area (Å²) in [4.78, 5) is 0. The Hall–Kier alpha value is -1.22. The van der Waals surface area contributed by atoms with Crippen LogP contribution >= 0.6 is 0 Å². The molecule has 1 saturated carbocycles. The molecule has 0 radical (unpaired) electrons. The molecule has 3 heteroatoms. The Morgan fingerprint density at radius 1 is 1.27 bits per heavy atom. The average molecular weight is 207 g/mol. The van der Waals surface area contributed by atoms with Crippen molar-refractivity contribution in [2.24, 2.45) is 5.73 Å². The van der Waals surface area contributed by atoms with E-state index < -0.39 is 0 Å². The fraction of sp³-hybridized carbons (Fsp3) is 0.500. The number of nitrogens with two attached hydrogens (primary N) is 1. The molecule has 0 aromatic heterocycles. The van der Waals surface area contributed by atoms with Gasteiger partial charge in [-0.3, -0.25) is 0 Å². The molecule has 0 aliphatic heterocycles. The van der Waals surface area contributed by atoms with E-state index in [0.29, 0.717) is 6.54 Å². The van der Waals surface area contributed by atoms with Gasteiger partial charge in [0.2, 0.25) is 0 Å². The van der Waals surface area contributed by atoms with Crippen molar-refractivity contribution in [3.8, 4) is 11.5 Å². The summed E-state index contributed by atoms with van der Waals surface area (Å²) in [5, 5.41) is 19.4. The highest BCUT2D eigenvalue weighted by atomic mass is 16.3. The third-order valence-electron chi connectivity index (χ3n) is 3.39. The monoisotopic (exact) mass is 207 g/mol. The van der Waals surface area contributed by atoms with E-state index in [2.05, 4.69) is 0 Å². The van der Waals surface area contributed by atoms with Gasteiger partial charge in [-0.15, -0.1) is 0 Å². The molecule has 0 spiro atoms. The van der Waals surface area contributed by atoms with Crippen LogP contribution in [0.2, 0.25) is 0 Å². The predicted molar refractivity (Wildman–Crippen MR) is 59.1 cm³/mol. The smallest absolute Gasteiger partial charge is 0.123 e. The molecule has 15 heavy (non-hydrogen) atoms. The topological polar surface area (TPSA) is 66.5 Å². The lowest BCUT2D eigenvalue weighted by atomic mass is 9.92. The van der Waals surface area contributed by atoms with Crippen molar-refractivity contribution < 1.29 is 10.2 Å². The molecule has 0 saturated heterocycles. The van der Waals surface area contributed by atoms with Gasteiger partial charge in [0.05, 0.1) is 0 Å².